The molecular formula is C16H17FN2O. The summed E-state index contributed by atoms with van der Waals surface area (Å²) in [6.07, 6.45) is 0. The molecule has 1 atom stereocenters. The molecule has 20 heavy (non-hydrogen) atoms. The molecule has 0 aromatic heterocycles. The first kappa shape index (κ1) is 14.2. The van der Waals surface area contributed by atoms with Crippen LogP contribution in [0.5, 0.6) is 0 Å². The number of halogens is 1. The van der Waals surface area contributed by atoms with Crippen molar-refractivity contribution in [2.24, 2.45) is 0 Å². The molecule has 0 bridgehead atoms. The molecule has 0 aliphatic carbocycles. The molecule has 0 radical (unpaired) electrons. The second kappa shape index (κ2) is 6.30. The van der Waals surface area contributed by atoms with Crippen molar-refractivity contribution in [2.45, 2.75) is 13.0 Å². The van der Waals surface area contributed by atoms with Crippen molar-refractivity contribution < 1.29 is 9.18 Å². The lowest BCUT2D eigenvalue weighted by atomic mass is 10.1. The molecule has 2 aromatic carbocycles. The standard InChI is InChI=1S/C16H17FN2O/c1-11(18-2)12-6-5-7-13(10-12)19-16(20)14-8-3-4-9-15(14)17/h3-11,18H,1-2H3,(H,19,20). The van der Waals surface area contributed by atoms with Gasteiger partial charge in [0.05, 0.1) is 5.56 Å². The fourth-order valence-corrected chi connectivity index (χ4v) is 1.90. The van der Waals surface area contributed by atoms with E-state index in [-0.39, 0.29) is 11.6 Å². The number of rotatable bonds is 4. The van der Waals surface area contributed by atoms with E-state index in [1.54, 1.807) is 18.2 Å². The molecule has 2 aromatic rings. The topological polar surface area (TPSA) is 41.1 Å². The number of hydrogen-bond donors (Lipinski definition) is 2. The molecule has 0 heterocycles. The van der Waals surface area contributed by atoms with Crippen LogP contribution in [-0.4, -0.2) is 13.0 Å². The summed E-state index contributed by atoms with van der Waals surface area (Å²) in [7, 11) is 1.87. The Kier molecular flexibility index (Phi) is 4.48. The van der Waals surface area contributed by atoms with E-state index in [1.807, 2.05) is 32.2 Å². The van der Waals surface area contributed by atoms with Gasteiger partial charge < -0.3 is 10.6 Å². The summed E-state index contributed by atoms with van der Waals surface area (Å²) in [6.45, 7) is 2.03. The molecule has 2 N–H and O–H groups in total. The summed E-state index contributed by atoms with van der Waals surface area (Å²) in [6, 6.07) is 13.6. The van der Waals surface area contributed by atoms with Crippen LogP contribution < -0.4 is 10.6 Å². The van der Waals surface area contributed by atoms with Crippen molar-refractivity contribution in [3.63, 3.8) is 0 Å². The third-order valence-corrected chi connectivity index (χ3v) is 3.20. The van der Waals surface area contributed by atoms with Crippen LogP contribution in [0.15, 0.2) is 48.5 Å². The van der Waals surface area contributed by atoms with Crippen molar-refractivity contribution in [3.05, 3.63) is 65.5 Å². The molecule has 104 valence electrons. The maximum Gasteiger partial charge on any atom is 0.258 e. The predicted molar refractivity (Wildman–Crippen MR) is 78.3 cm³/mol. The summed E-state index contributed by atoms with van der Waals surface area (Å²) in [5.41, 5.74) is 1.75. The zero-order chi connectivity index (χ0) is 14.5. The third-order valence-electron chi connectivity index (χ3n) is 3.20. The minimum atomic E-state index is -0.523. The van der Waals surface area contributed by atoms with Crippen molar-refractivity contribution in [1.29, 1.82) is 0 Å². The van der Waals surface area contributed by atoms with Gasteiger partial charge in [0.25, 0.3) is 5.91 Å². The van der Waals surface area contributed by atoms with E-state index < -0.39 is 11.7 Å². The molecule has 1 unspecified atom stereocenters. The highest BCUT2D eigenvalue weighted by atomic mass is 19.1. The number of benzene rings is 2. The first-order valence-corrected chi connectivity index (χ1v) is 6.45. The molecule has 0 spiro atoms. The zero-order valence-corrected chi connectivity index (χ0v) is 11.5. The number of carbonyl (C=O) groups is 1. The normalized spacial score (nSPS) is 11.9. The van der Waals surface area contributed by atoms with Gasteiger partial charge in [0, 0.05) is 11.7 Å². The number of nitrogens with one attached hydrogen (secondary N) is 2. The van der Waals surface area contributed by atoms with Crippen LogP contribution in [0.1, 0.15) is 28.9 Å². The molecule has 0 aliphatic rings. The number of hydrogen-bond acceptors (Lipinski definition) is 2. The highest BCUT2D eigenvalue weighted by Crippen LogP contribution is 2.18. The van der Waals surface area contributed by atoms with E-state index >= 15 is 0 Å². The highest BCUT2D eigenvalue weighted by molar-refractivity contribution is 6.04. The Morgan fingerprint density at radius 3 is 2.60 bits per heavy atom. The molecule has 1 amide bonds. The van der Waals surface area contributed by atoms with E-state index in [9.17, 15) is 9.18 Å². The van der Waals surface area contributed by atoms with Crippen molar-refractivity contribution >= 4 is 11.6 Å². The first-order chi connectivity index (χ1) is 9.61. The molecule has 0 saturated heterocycles. The Morgan fingerprint density at radius 1 is 1.15 bits per heavy atom. The first-order valence-electron chi connectivity index (χ1n) is 6.45. The van der Waals surface area contributed by atoms with Gasteiger partial charge in [-0.3, -0.25) is 4.79 Å². The Bertz CT molecular complexity index is 613. The van der Waals surface area contributed by atoms with E-state index in [0.29, 0.717) is 5.69 Å². The smallest absolute Gasteiger partial charge is 0.258 e. The van der Waals surface area contributed by atoms with Crippen LogP contribution in [-0.2, 0) is 0 Å². The maximum atomic E-state index is 13.5. The Morgan fingerprint density at radius 2 is 1.90 bits per heavy atom. The van der Waals surface area contributed by atoms with Crippen LogP contribution in [0.2, 0.25) is 0 Å². The van der Waals surface area contributed by atoms with Gasteiger partial charge in [-0.25, -0.2) is 4.39 Å². The molecule has 3 nitrogen and oxygen atoms in total. The summed E-state index contributed by atoms with van der Waals surface area (Å²) in [4.78, 5) is 12.0. The van der Waals surface area contributed by atoms with Gasteiger partial charge in [-0.15, -0.1) is 0 Å². The lowest BCUT2D eigenvalue weighted by Crippen LogP contribution is -2.15. The van der Waals surface area contributed by atoms with Crippen LogP contribution >= 0.6 is 0 Å². The molecule has 0 saturated carbocycles. The van der Waals surface area contributed by atoms with E-state index in [2.05, 4.69) is 10.6 Å². The molecule has 0 fully saturated rings. The van der Waals surface area contributed by atoms with Gasteiger partial charge in [-0.05, 0) is 43.8 Å². The third kappa shape index (κ3) is 3.22. The maximum absolute atomic E-state index is 13.5. The van der Waals surface area contributed by atoms with Gasteiger partial charge in [0.15, 0.2) is 0 Å². The van der Waals surface area contributed by atoms with E-state index in [4.69, 9.17) is 0 Å². The quantitative estimate of drug-likeness (QED) is 0.896. The fourth-order valence-electron chi connectivity index (χ4n) is 1.90. The summed E-state index contributed by atoms with van der Waals surface area (Å²) in [5.74, 6) is -0.970. The van der Waals surface area contributed by atoms with Gasteiger partial charge in [-0.2, -0.15) is 0 Å². The van der Waals surface area contributed by atoms with Crippen LogP contribution in [0.25, 0.3) is 0 Å². The number of amides is 1. The van der Waals surface area contributed by atoms with E-state index in [0.717, 1.165) is 5.56 Å². The van der Waals surface area contributed by atoms with Crippen LogP contribution in [0.3, 0.4) is 0 Å². The number of carbonyl (C=O) groups excluding carboxylic acids is 1. The largest absolute Gasteiger partial charge is 0.322 e. The Balaban J connectivity index is 2.18. The number of anilines is 1. The zero-order valence-electron chi connectivity index (χ0n) is 11.5. The average molecular weight is 272 g/mol. The molecule has 4 heteroatoms. The SMILES string of the molecule is CNC(C)c1cccc(NC(=O)c2ccccc2F)c1. The molecule has 0 aliphatic heterocycles. The van der Waals surface area contributed by atoms with Gasteiger partial charge >= 0.3 is 0 Å². The minimum absolute atomic E-state index is 0.0413. The fraction of sp³-hybridized carbons (Fsp3) is 0.188. The lowest BCUT2D eigenvalue weighted by Gasteiger charge is -2.12. The van der Waals surface area contributed by atoms with Crippen molar-refractivity contribution in [3.8, 4) is 0 Å². The predicted octanol–water partition coefficient (Wildman–Crippen LogP) is 3.36. The average Bonchev–Trinajstić information content (AvgIpc) is 2.47. The van der Waals surface area contributed by atoms with Crippen LogP contribution in [0.4, 0.5) is 10.1 Å². The van der Waals surface area contributed by atoms with Crippen LogP contribution in [0, 0.1) is 5.82 Å². The second-order valence-electron chi connectivity index (χ2n) is 4.57. The second-order valence-corrected chi connectivity index (χ2v) is 4.57. The lowest BCUT2D eigenvalue weighted by molar-refractivity contribution is 0.102. The van der Waals surface area contributed by atoms with Crippen molar-refractivity contribution in [1.82, 2.24) is 5.32 Å². The Hall–Kier alpha value is -2.20. The summed E-state index contributed by atoms with van der Waals surface area (Å²) in [5, 5.41) is 5.84. The van der Waals surface area contributed by atoms with E-state index in [1.165, 1.54) is 12.1 Å². The van der Waals surface area contributed by atoms with Gasteiger partial charge in [0.2, 0.25) is 0 Å². The summed E-state index contributed by atoms with van der Waals surface area (Å²) >= 11 is 0. The molecule has 2 rings (SSSR count). The molecular weight excluding hydrogens is 255 g/mol. The minimum Gasteiger partial charge on any atom is -0.322 e. The highest BCUT2D eigenvalue weighted by Gasteiger charge is 2.11. The van der Waals surface area contributed by atoms with Gasteiger partial charge in [0.1, 0.15) is 5.82 Å². The monoisotopic (exact) mass is 272 g/mol. The Labute approximate surface area is 117 Å². The van der Waals surface area contributed by atoms with Crippen molar-refractivity contribution in [2.75, 3.05) is 12.4 Å². The summed E-state index contributed by atoms with van der Waals surface area (Å²) < 4.78 is 13.5. The van der Waals surface area contributed by atoms with Gasteiger partial charge in [-0.1, -0.05) is 24.3 Å².